The van der Waals surface area contributed by atoms with E-state index in [1.54, 1.807) is 12.1 Å². The Hall–Kier alpha value is -2.40. The van der Waals surface area contributed by atoms with E-state index in [4.69, 9.17) is 16.3 Å². The predicted molar refractivity (Wildman–Crippen MR) is 89.9 cm³/mol. The van der Waals surface area contributed by atoms with E-state index in [9.17, 15) is 4.39 Å². The number of hydrogen-bond donors (Lipinski definition) is 1. The minimum Gasteiger partial charge on any atom is -0.494 e. The Bertz CT molecular complexity index is 824. The average Bonchev–Trinajstić information content (AvgIpc) is 2.56. The second kappa shape index (κ2) is 6.79. The number of halogens is 2. The van der Waals surface area contributed by atoms with Crippen LogP contribution in [0.5, 0.6) is 5.75 Å². The van der Waals surface area contributed by atoms with Gasteiger partial charge in [0.25, 0.3) is 0 Å². The summed E-state index contributed by atoms with van der Waals surface area (Å²) in [5.41, 5.74) is 1.29. The molecule has 3 rings (SSSR count). The van der Waals surface area contributed by atoms with Gasteiger partial charge in [0.2, 0.25) is 0 Å². The lowest BCUT2D eigenvalue weighted by Gasteiger charge is -2.11. The topological polar surface area (TPSA) is 47.0 Å². The van der Waals surface area contributed by atoms with Crippen LogP contribution in [0.25, 0.3) is 10.9 Å². The van der Waals surface area contributed by atoms with Crippen LogP contribution in [0.1, 0.15) is 12.7 Å². The molecule has 6 heteroatoms. The van der Waals surface area contributed by atoms with Gasteiger partial charge >= 0.3 is 0 Å². The molecule has 0 saturated carbocycles. The monoisotopic (exact) mass is 331 g/mol. The number of fused-ring (bicyclic) bond motifs is 1. The van der Waals surface area contributed by atoms with E-state index < -0.39 is 0 Å². The van der Waals surface area contributed by atoms with Crippen LogP contribution in [0.3, 0.4) is 0 Å². The molecular formula is C17H15ClFN3O. The SMILES string of the molecule is CCOc1ccc(Nc2nc(CCl)nc3cccc(F)c23)cc1. The van der Waals surface area contributed by atoms with Gasteiger partial charge in [0, 0.05) is 5.69 Å². The van der Waals surface area contributed by atoms with Crippen molar-refractivity contribution in [2.24, 2.45) is 0 Å². The number of nitrogens with zero attached hydrogens (tertiary/aromatic N) is 2. The Kier molecular flexibility index (Phi) is 4.57. The third-order valence-electron chi connectivity index (χ3n) is 3.27. The van der Waals surface area contributed by atoms with Gasteiger partial charge in [-0.1, -0.05) is 6.07 Å². The Morgan fingerprint density at radius 1 is 1.13 bits per heavy atom. The molecule has 0 bridgehead atoms. The van der Waals surface area contributed by atoms with Gasteiger partial charge in [0.05, 0.1) is 23.4 Å². The van der Waals surface area contributed by atoms with Crippen LogP contribution >= 0.6 is 11.6 Å². The van der Waals surface area contributed by atoms with Crippen molar-refractivity contribution in [2.45, 2.75) is 12.8 Å². The lowest BCUT2D eigenvalue weighted by molar-refractivity contribution is 0.340. The van der Waals surface area contributed by atoms with E-state index in [0.29, 0.717) is 29.2 Å². The van der Waals surface area contributed by atoms with Crippen LogP contribution in [0.4, 0.5) is 15.9 Å². The maximum Gasteiger partial charge on any atom is 0.146 e. The summed E-state index contributed by atoms with van der Waals surface area (Å²) in [5, 5.41) is 3.47. The van der Waals surface area contributed by atoms with Crippen LogP contribution < -0.4 is 10.1 Å². The minimum atomic E-state index is -0.378. The number of ether oxygens (including phenoxy) is 1. The molecule has 118 valence electrons. The molecule has 0 spiro atoms. The molecule has 0 radical (unpaired) electrons. The second-order valence-corrected chi connectivity index (χ2v) is 5.11. The van der Waals surface area contributed by atoms with Gasteiger partial charge < -0.3 is 10.1 Å². The zero-order valence-corrected chi connectivity index (χ0v) is 13.3. The number of nitrogens with one attached hydrogen (secondary N) is 1. The Morgan fingerprint density at radius 3 is 2.61 bits per heavy atom. The van der Waals surface area contributed by atoms with Gasteiger partial charge in [-0.05, 0) is 43.3 Å². The first-order valence-electron chi connectivity index (χ1n) is 7.22. The molecular weight excluding hydrogens is 317 g/mol. The fraction of sp³-hybridized carbons (Fsp3) is 0.176. The van der Waals surface area contributed by atoms with Crippen LogP contribution in [0, 0.1) is 5.82 Å². The highest BCUT2D eigenvalue weighted by Gasteiger charge is 2.12. The highest BCUT2D eigenvalue weighted by Crippen LogP contribution is 2.27. The number of alkyl halides is 1. The Balaban J connectivity index is 2.01. The van der Waals surface area contributed by atoms with E-state index in [2.05, 4.69) is 15.3 Å². The lowest BCUT2D eigenvalue weighted by Crippen LogP contribution is -2.02. The van der Waals surface area contributed by atoms with E-state index in [-0.39, 0.29) is 11.7 Å². The molecule has 0 amide bonds. The molecule has 0 aliphatic rings. The van der Waals surface area contributed by atoms with E-state index in [1.165, 1.54) is 6.07 Å². The van der Waals surface area contributed by atoms with Gasteiger partial charge in [0.15, 0.2) is 0 Å². The molecule has 1 N–H and O–H groups in total. The molecule has 23 heavy (non-hydrogen) atoms. The summed E-state index contributed by atoms with van der Waals surface area (Å²) in [6.45, 7) is 2.53. The Morgan fingerprint density at radius 2 is 1.91 bits per heavy atom. The highest BCUT2D eigenvalue weighted by atomic mass is 35.5. The van der Waals surface area contributed by atoms with Gasteiger partial charge in [-0.15, -0.1) is 11.6 Å². The molecule has 0 atom stereocenters. The third kappa shape index (κ3) is 3.35. The van der Waals surface area contributed by atoms with Crippen molar-refractivity contribution in [1.29, 1.82) is 0 Å². The summed E-state index contributed by atoms with van der Waals surface area (Å²) < 4.78 is 19.6. The zero-order chi connectivity index (χ0) is 16.2. The summed E-state index contributed by atoms with van der Waals surface area (Å²) in [6.07, 6.45) is 0. The Labute approximate surface area is 138 Å². The van der Waals surface area contributed by atoms with Gasteiger partial charge in [-0.25, -0.2) is 14.4 Å². The van der Waals surface area contributed by atoms with Crippen molar-refractivity contribution in [1.82, 2.24) is 9.97 Å². The molecule has 2 aromatic carbocycles. The second-order valence-electron chi connectivity index (χ2n) is 4.84. The molecule has 0 unspecified atom stereocenters. The van der Waals surface area contributed by atoms with E-state index in [0.717, 1.165) is 11.4 Å². The maximum absolute atomic E-state index is 14.2. The first-order valence-corrected chi connectivity index (χ1v) is 7.75. The smallest absolute Gasteiger partial charge is 0.146 e. The minimum absolute atomic E-state index is 0.157. The van der Waals surface area contributed by atoms with Crippen molar-refractivity contribution in [3.63, 3.8) is 0 Å². The summed E-state index contributed by atoms with van der Waals surface area (Å²) in [6, 6.07) is 12.1. The number of aromatic nitrogens is 2. The van der Waals surface area contributed by atoms with Gasteiger partial charge in [-0.2, -0.15) is 0 Å². The molecule has 4 nitrogen and oxygen atoms in total. The highest BCUT2D eigenvalue weighted by molar-refractivity contribution is 6.16. The third-order valence-corrected chi connectivity index (χ3v) is 3.51. The predicted octanol–water partition coefficient (Wildman–Crippen LogP) is 4.65. The summed E-state index contributed by atoms with van der Waals surface area (Å²) in [4.78, 5) is 8.56. The van der Waals surface area contributed by atoms with Crippen LogP contribution in [-0.2, 0) is 5.88 Å². The number of hydrogen-bond acceptors (Lipinski definition) is 4. The van der Waals surface area contributed by atoms with Crippen molar-refractivity contribution < 1.29 is 9.13 Å². The van der Waals surface area contributed by atoms with Crippen molar-refractivity contribution in [3.8, 4) is 5.75 Å². The molecule has 1 heterocycles. The van der Waals surface area contributed by atoms with E-state index in [1.807, 2.05) is 31.2 Å². The largest absolute Gasteiger partial charge is 0.494 e. The van der Waals surface area contributed by atoms with Crippen molar-refractivity contribution in [3.05, 3.63) is 54.1 Å². The number of rotatable bonds is 5. The average molecular weight is 332 g/mol. The van der Waals surface area contributed by atoms with Crippen molar-refractivity contribution >= 4 is 34.0 Å². The summed E-state index contributed by atoms with van der Waals surface area (Å²) in [5.74, 6) is 1.39. The molecule has 1 aromatic heterocycles. The summed E-state index contributed by atoms with van der Waals surface area (Å²) in [7, 11) is 0. The fourth-order valence-electron chi connectivity index (χ4n) is 2.28. The lowest BCUT2D eigenvalue weighted by atomic mass is 10.2. The maximum atomic E-state index is 14.2. The van der Waals surface area contributed by atoms with E-state index >= 15 is 0 Å². The molecule has 3 aromatic rings. The fourth-order valence-corrected chi connectivity index (χ4v) is 2.40. The number of benzene rings is 2. The zero-order valence-electron chi connectivity index (χ0n) is 12.5. The van der Waals surface area contributed by atoms with Gasteiger partial charge in [0.1, 0.15) is 23.2 Å². The molecule has 0 aliphatic carbocycles. The summed E-state index contributed by atoms with van der Waals surface area (Å²) >= 11 is 5.83. The first kappa shape index (κ1) is 15.5. The molecule has 0 saturated heterocycles. The quantitative estimate of drug-likeness (QED) is 0.691. The first-order chi connectivity index (χ1) is 11.2. The van der Waals surface area contributed by atoms with Gasteiger partial charge in [-0.3, -0.25) is 0 Å². The normalized spacial score (nSPS) is 10.7. The van der Waals surface area contributed by atoms with Crippen LogP contribution in [0.2, 0.25) is 0 Å². The number of anilines is 2. The molecule has 0 fully saturated rings. The van der Waals surface area contributed by atoms with Crippen LogP contribution in [0.15, 0.2) is 42.5 Å². The molecule has 0 aliphatic heterocycles. The standard InChI is InChI=1S/C17H15ClFN3O/c1-2-23-12-8-6-11(7-9-12)20-17-16-13(19)4-3-5-14(16)21-15(10-18)22-17/h3-9H,2,10H2,1H3,(H,20,21,22). The van der Waals surface area contributed by atoms with Crippen LogP contribution in [-0.4, -0.2) is 16.6 Å². The van der Waals surface area contributed by atoms with Crippen molar-refractivity contribution in [2.75, 3.05) is 11.9 Å².